The van der Waals surface area contributed by atoms with Gasteiger partial charge in [-0.05, 0) is 99.4 Å². The van der Waals surface area contributed by atoms with E-state index in [0.717, 1.165) is 29.2 Å². The summed E-state index contributed by atoms with van der Waals surface area (Å²) in [5.74, 6) is 0. The second kappa shape index (κ2) is 13.0. The Morgan fingerprint density at radius 1 is 0.396 bits per heavy atom. The van der Waals surface area contributed by atoms with Crippen LogP contribution in [-0.4, -0.2) is 4.57 Å². The molecule has 0 unspecified atom stereocenters. The monoisotopic (exact) mass is 676 g/mol. The predicted molar refractivity (Wildman–Crippen MR) is 225 cm³/mol. The average molecular weight is 677 g/mol. The van der Waals surface area contributed by atoms with Crippen LogP contribution in [0.3, 0.4) is 0 Å². The number of nitrogens with zero attached hydrogens (tertiary/aromatic N) is 2. The van der Waals surface area contributed by atoms with Gasteiger partial charge < -0.3 is 9.47 Å². The third-order valence-corrected chi connectivity index (χ3v) is 10.6. The lowest BCUT2D eigenvalue weighted by Gasteiger charge is -2.26. The number of hydrogen-bond donors (Lipinski definition) is 0. The first-order valence-electron chi connectivity index (χ1n) is 18.3. The van der Waals surface area contributed by atoms with Crippen LogP contribution in [0.15, 0.2) is 206 Å². The number of rotatable bonds is 7. The number of para-hydroxylation sites is 2. The lowest BCUT2D eigenvalue weighted by molar-refractivity contribution is 1.18. The highest BCUT2D eigenvalue weighted by molar-refractivity contribution is 6.25. The maximum absolute atomic E-state index is 2.48. The minimum Gasteiger partial charge on any atom is -0.310 e. The maximum Gasteiger partial charge on any atom is 0.0625 e. The van der Waals surface area contributed by atoms with Crippen molar-refractivity contribution < 1.29 is 0 Å². The smallest absolute Gasteiger partial charge is 0.0625 e. The summed E-state index contributed by atoms with van der Waals surface area (Å²) in [5, 5.41) is 7.67. The van der Waals surface area contributed by atoms with Gasteiger partial charge in [-0.3, -0.25) is 0 Å². The zero-order valence-corrected chi connectivity index (χ0v) is 29.2. The van der Waals surface area contributed by atoms with E-state index in [2.05, 4.69) is 216 Å². The quantitative estimate of drug-likeness (QED) is 0.153. The van der Waals surface area contributed by atoms with Crippen LogP contribution in [0.5, 0.6) is 0 Å². The largest absolute Gasteiger partial charge is 0.310 e. The Kier molecular flexibility index (Phi) is 7.58. The Morgan fingerprint density at radius 2 is 1.00 bits per heavy atom. The molecule has 1 aromatic heterocycles. The number of fused-ring (bicyclic) bond motifs is 7. The molecule has 0 saturated heterocycles. The molecule has 0 amide bonds. The highest BCUT2D eigenvalue weighted by atomic mass is 15.1. The molecule has 2 heteroatoms. The predicted octanol–water partition coefficient (Wildman–Crippen LogP) is 13.8. The van der Waals surface area contributed by atoms with Gasteiger partial charge in [-0.1, -0.05) is 152 Å². The van der Waals surface area contributed by atoms with E-state index in [1.54, 1.807) is 0 Å². The van der Waals surface area contributed by atoms with Crippen molar-refractivity contribution in [2.24, 2.45) is 0 Å². The third-order valence-electron chi connectivity index (χ3n) is 10.6. The molecule has 0 atom stereocenters. The van der Waals surface area contributed by atoms with Gasteiger partial charge in [-0.15, -0.1) is 0 Å². The summed E-state index contributed by atoms with van der Waals surface area (Å²) >= 11 is 0. The molecular weight excluding hydrogens is 641 g/mol. The first-order valence-corrected chi connectivity index (χ1v) is 18.3. The molecule has 0 saturated carbocycles. The van der Waals surface area contributed by atoms with E-state index in [1.807, 2.05) is 0 Å². The third kappa shape index (κ3) is 5.44. The van der Waals surface area contributed by atoms with Crippen molar-refractivity contribution in [3.8, 4) is 16.8 Å². The van der Waals surface area contributed by atoms with Gasteiger partial charge >= 0.3 is 0 Å². The topological polar surface area (TPSA) is 8.17 Å². The Bertz CT molecular complexity index is 2890. The van der Waals surface area contributed by atoms with Crippen LogP contribution in [0.2, 0.25) is 0 Å². The molecule has 0 bridgehead atoms. The van der Waals surface area contributed by atoms with Crippen molar-refractivity contribution in [1.29, 1.82) is 0 Å². The average Bonchev–Trinajstić information content (AvgIpc) is 3.57. The number of benzene rings is 9. The molecule has 1 heterocycles. The van der Waals surface area contributed by atoms with Crippen molar-refractivity contribution in [3.63, 3.8) is 0 Å². The number of aromatic nitrogens is 1. The number of hydrogen-bond acceptors (Lipinski definition) is 1. The minimum absolute atomic E-state index is 0.895. The lowest BCUT2D eigenvalue weighted by atomic mass is 9.92. The van der Waals surface area contributed by atoms with E-state index in [4.69, 9.17) is 0 Å². The van der Waals surface area contributed by atoms with Gasteiger partial charge in [0.2, 0.25) is 0 Å². The summed E-state index contributed by atoms with van der Waals surface area (Å²) in [6.45, 7) is 0. The van der Waals surface area contributed by atoms with E-state index in [1.165, 1.54) is 65.6 Å². The van der Waals surface area contributed by atoms with E-state index in [-0.39, 0.29) is 0 Å². The van der Waals surface area contributed by atoms with Gasteiger partial charge in [0, 0.05) is 38.9 Å². The molecule has 250 valence electrons. The van der Waals surface area contributed by atoms with Crippen molar-refractivity contribution >= 4 is 60.4 Å². The van der Waals surface area contributed by atoms with Gasteiger partial charge in [-0.2, -0.15) is 0 Å². The van der Waals surface area contributed by atoms with E-state index < -0.39 is 0 Å². The van der Waals surface area contributed by atoms with E-state index in [0.29, 0.717) is 0 Å². The summed E-state index contributed by atoms with van der Waals surface area (Å²) in [6, 6.07) is 74.8. The summed E-state index contributed by atoms with van der Waals surface area (Å²) in [6.07, 6.45) is 0.895. The highest BCUT2D eigenvalue weighted by Gasteiger charge is 2.19. The van der Waals surface area contributed by atoms with Gasteiger partial charge in [0.25, 0.3) is 0 Å². The second-order valence-electron chi connectivity index (χ2n) is 13.8. The fourth-order valence-electron chi connectivity index (χ4n) is 8.18. The van der Waals surface area contributed by atoms with Crippen molar-refractivity contribution in [1.82, 2.24) is 4.57 Å². The van der Waals surface area contributed by atoms with Crippen LogP contribution in [0.4, 0.5) is 17.1 Å². The molecule has 0 aliphatic rings. The molecule has 2 nitrogen and oxygen atoms in total. The van der Waals surface area contributed by atoms with Crippen molar-refractivity contribution in [2.75, 3.05) is 4.90 Å². The van der Waals surface area contributed by atoms with Crippen LogP contribution < -0.4 is 4.90 Å². The molecule has 53 heavy (non-hydrogen) atoms. The molecule has 0 N–H and O–H groups in total. The Labute approximate surface area is 309 Å². The summed E-state index contributed by atoms with van der Waals surface area (Å²) in [4.78, 5) is 2.35. The first-order chi connectivity index (χ1) is 26.3. The molecule has 0 aliphatic carbocycles. The first kappa shape index (κ1) is 30.9. The van der Waals surface area contributed by atoms with Crippen LogP contribution in [0.25, 0.3) is 60.2 Å². The van der Waals surface area contributed by atoms with Gasteiger partial charge in [0.05, 0.1) is 11.0 Å². The zero-order chi connectivity index (χ0) is 35.1. The Morgan fingerprint density at radius 3 is 1.77 bits per heavy atom. The number of anilines is 3. The molecule has 0 fully saturated rings. The van der Waals surface area contributed by atoms with E-state index >= 15 is 0 Å². The zero-order valence-electron chi connectivity index (χ0n) is 29.2. The molecule has 0 radical (unpaired) electrons. The van der Waals surface area contributed by atoms with Crippen molar-refractivity contribution in [2.45, 2.75) is 6.42 Å². The minimum atomic E-state index is 0.895. The molecule has 10 rings (SSSR count). The molecule has 0 spiro atoms. The maximum atomic E-state index is 2.48. The van der Waals surface area contributed by atoms with Crippen LogP contribution >= 0.6 is 0 Å². The molecule has 0 aliphatic heterocycles. The fourth-order valence-corrected chi connectivity index (χ4v) is 8.18. The van der Waals surface area contributed by atoms with Gasteiger partial charge in [-0.25, -0.2) is 0 Å². The summed E-state index contributed by atoms with van der Waals surface area (Å²) in [5.41, 5.74) is 12.0. The van der Waals surface area contributed by atoms with Crippen molar-refractivity contribution in [3.05, 3.63) is 217 Å². The summed E-state index contributed by atoms with van der Waals surface area (Å²) < 4.78 is 2.48. The summed E-state index contributed by atoms with van der Waals surface area (Å²) in [7, 11) is 0. The van der Waals surface area contributed by atoms with Crippen LogP contribution in [0, 0.1) is 0 Å². The normalized spacial score (nSPS) is 11.5. The fraction of sp³-hybridized carbons (Fsp3) is 0.0196. The molecule has 9 aromatic carbocycles. The lowest BCUT2D eigenvalue weighted by Crippen LogP contribution is -2.10. The van der Waals surface area contributed by atoms with E-state index in [9.17, 15) is 0 Å². The molecule has 10 aromatic rings. The molecular formula is C51H36N2. The highest BCUT2D eigenvalue weighted by Crippen LogP contribution is 2.42. The van der Waals surface area contributed by atoms with Gasteiger partial charge in [0.1, 0.15) is 0 Å². The SMILES string of the molecule is c1ccc(Cc2cc3ccc4c5ccccc5n(-c5ccc(N(c6ccccc6)c6cccc(-c7ccccc7)c6)cc5)c4c3c3ccccc23)cc1. The van der Waals surface area contributed by atoms with Crippen LogP contribution in [-0.2, 0) is 6.42 Å². The Balaban J connectivity index is 1.16. The van der Waals surface area contributed by atoms with Crippen LogP contribution in [0.1, 0.15) is 11.1 Å². The second-order valence-corrected chi connectivity index (χ2v) is 13.8. The standard InChI is InChI=1S/C51H36N2/c1-4-15-36(16-5-1)33-40-34-39-27-32-48-46-24-12-13-26-49(46)53(51(48)50(39)47-25-11-10-23-45(40)47)43-30-28-42(29-31-43)52(41-20-8-3-9-21-41)44-22-14-19-38(35-44)37-17-6-2-7-18-37/h1-32,34-35H,33H2. The Hall–Kier alpha value is -6.90. The van der Waals surface area contributed by atoms with Gasteiger partial charge in [0.15, 0.2) is 0 Å².